The van der Waals surface area contributed by atoms with Crippen molar-refractivity contribution in [1.82, 2.24) is 9.80 Å². The fourth-order valence-corrected chi connectivity index (χ4v) is 2.54. The molecule has 5 heteroatoms. The molecule has 1 aliphatic rings. The van der Waals surface area contributed by atoms with Crippen molar-refractivity contribution in [3.63, 3.8) is 0 Å². The summed E-state index contributed by atoms with van der Waals surface area (Å²) in [6, 6.07) is 9.43. The molecule has 2 rings (SSSR count). The third kappa shape index (κ3) is 3.82. The lowest BCUT2D eigenvalue weighted by atomic mass is 10.1. The van der Waals surface area contributed by atoms with E-state index in [2.05, 4.69) is 4.90 Å². The molecular formula is C16H23N3O2. The largest absolute Gasteiger partial charge is 0.347 e. The van der Waals surface area contributed by atoms with Crippen LogP contribution in [0.25, 0.3) is 0 Å². The third-order valence-electron chi connectivity index (χ3n) is 3.87. The molecule has 0 spiro atoms. The Kier molecular flexibility index (Phi) is 4.96. The number of rotatable bonds is 4. The molecule has 1 aromatic rings. The normalized spacial score (nSPS) is 18.5. The summed E-state index contributed by atoms with van der Waals surface area (Å²) >= 11 is 0. The van der Waals surface area contributed by atoms with Gasteiger partial charge in [0.05, 0.1) is 5.92 Å². The lowest BCUT2D eigenvalue weighted by Gasteiger charge is -2.26. The van der Waals surface area contributed by atoms with Gasteiger partial charge in [0.25, 0.3) is 0 Å². The molecule has 1 atom stereocenters. The van der Waals surface area contributed by atoms with Crippen LogP contribution in [0.3, 0.4) is 0 Å². The Labute approximate surface area is 126 Å². The van der Waals surface area contributed by atoms with E-state index < -0.39 is 0 Å². The van der Waals surface area contributed by atoms with E-state index in [0.29, 0.717) is 0 Å². The summed E-state index contributed by atoms with van der Waals surface area (Å²) < 4.78 is 0. The van der Waals surface area contributed by atoms with Crippen LogP contribution in [-0.4, -0.2) is 62.4 Å². The predicted molar refractivity (Wildman–Crippen MR) is 83.1 cm³/mol. The summed E-state index contributed by atoms with van der Waals surface area (Å²) in [7, 11) is 5.43. The van der Waals surface area contributed by atoms with E-state index in [1.54, 1.807) is 19.0 Å². The summed E-state index contributed by atoms with van der Waals surface area (Å²) in [5, 5.41) is 0. The summed E-state index contributed by atoms with van der Waals surface area (Å²) in [4.78, 5) is 30.1. The Morgan fingerprint density at radius 2 is 1.90 bits per heavy atom. The summed E-state index contributed by atoms with van der Waals surface area (Å²) in [5.74, 6) is -0.0514. The second-order valence-electron chi connectivity index (χ2n) is 5.80. The van der Waals surface area contributed by atoms with Gasteiger partial charge in [-0.2, -0.15) is 0 Å². The molecule has 0 aromatic heterocycles. The molecule has 0 aliphatic carbocycles. The van der Waals surface area contributed by atoms with Gasteiger partial charge in [0.15, 0.2) is 0 Å². The minimum atomic E-state index is -0.0708. The highest BCUT2D eigenvalue weighted by Crippen LogP contribution is 2.22. The van der Waals surface area contributed by atoms with Crippen molar-refractivity contribution in [1.29, 1.82) is 0 Å². The highest BCUT2D eigenvalue weighted by atomic mass is 16.2. The summed E-state index contributed by atoms with van der Waals surface area (Å²) in [6.45, 7) is 1.79. The van der Waals surface area contributed by atoms with Crippen LogP contribution in [0.1, 0.15) is 6.42 Å². The van der Waals surface area contributed by atoms with Crippen molar-refractivity contribution in [3.8, 4) is 0 Å². The number of likely N-dealkylation sites (tertiary alicyclic amines) is 1. The summed E-state index contributed by atoms with van der Waals surface area (Å²) in [6.07, 6.45) is 0.856. The molecule has 0 unspecified atom stereocenters. The zero-order valence-electron chi connectivity index (χ0n) is 13.0. The van der Waals surface area contributed by atoms with Crippen molar-refractivity contribution in [2.75, 3.05) is 45.7 Å². The van der Waals surface area contributed by atoms with Crippen LogP contribution in [0.2, 0.25) is 0 Å². The van der Waals surface area contributed by atoms with Gasteiger partial charge < -0.3 is 14.7 Å². The molecule has 5 nitrogen and oxygen atoms in total. The van der Waals surface area contributed by atoms with Gasteiger partial charge in [-0.25, -0.2) is 0 Å². The number of amides is 2. The molecule has 0 radical (unpaired) electrons. The number of benzene rings is 1. The van der Waals surface area contributed by atoms with Crippen LogP contribution >= 0.6 is 0 Å². The minimum absolute atomic E-state index is 0.0230. The first-order valence-corrected chi connectivity index (χ1v) is 7.24. The number of hydrogen-bond donors (Lipinski definition) is 0. The van der Waals surface area contributed by atoms with E-state index in [4.69, 9.17) is 0 Å². The molecule has 0 N–H and O–H groups in total. The van der Waals surface area contributed by atoms with E-state index in [1.807, 2.05) is 37.4 Å². The van der Waals surface area contributed by atoms with Gasteiger partial charge in [-0.3, -0.25) is 9.59 Å². The van der Waals surface area contributed by atoms with Crippen molar-refractivity contribution in [2.45, 2.75) is 6.42 Å². The standard InChI is InChI=1S/C16H23N3O2/c1-17(2)15(20)12-19(14-7-5-4-6-8-14)16(21)13-9-10-18(3)11-13/h4-8,13H,9-12H2,1-3H3/t13-/m1/s1. The molecule has 0 saturated carbocycles. The van der Waals surface area contributed by atoms with Crippen molar-refractivity contribution >= 4 is 17.5 Å². The first kappa shape index (κ1) is 15.5. The van der Waals surface area contributed by atoms with Crippen LogP contribution in [-0.2, 0) is 9.59 Å². The highest BCUT2D eigenvalue weighted by Gasteiger charge is 2.31. The van der Waals surface area contributed by atoms with E-state index in [9.17, 15) is 9.59 Å². The number of hydrogen-bond acceptors (Lipinski definition) is 3. The zero-order valence-corrected chi connectivity index (χ0v) is 13.0. The molecule has 2 amide bonds. The van der Waals surface area contributed by atoms with E-state index in [-0.39, 0.29) is 24.3 Å². The third-order valence-corrected chi connectivity index (χ3v) is 3.87. The molecule has 0 bridgehead atoms. The van der Waals surface area contributed by atoms with Crippen LogP contribution in [0.15, 0.2) is 30.3 Å². The molecule has 1 aromatic carbocycles. The van der Waals surface area contributed by atoms with Crippen LogP contribution < -0.4 is 4.90 Å². The SMILES string of the molecule is CN1CC[C@@H](C(=O)N(CC(=O)N(C)C)c2ccccc2)C1. The smallest absolute Gasteiger partial charge is 0.242 e. The lowest BCUT2D eigenvalue weighted by Crippen LogP contribution is -2.43. The lowest BCUT2D eigenvalue weighted by molar-refractivity contribution is -0.130. The quantitative estimate of drug-likeness (QED) is 0.832. The highest BCUT2D eigenvalue weighted by molar-refractivity contribution is 6.00. The molecule has 1 heterocycles. The fraction of sp³-hybridized carbons (Fsp3) is 0.500. The van der Waals surface area contributed by atoms with Crippen LogP contribution in [0, 0.1) is 5.92 Å². The molecule has 114 valence electrons. The number of likely N-dealkylation sites (N-methyl/N-ethyl adjacent to an activating group) is 1. The van der Waals surface area contributed by atoms with Gasteiger partial charge in [0, 0.05) is 26.3 Å². The second-order valence-corrected chi connectivity index (χ2v) is 5.80. The number of carbonyl (C=O) groups excluding carboxylic acids is 2. The van der Waals surface area contributed by atoms with Gasteiger partial charge in [-0.15, -0.1) is 0 Å². The molecule has 1 fully saturated rings. The van der Waals surface area contributed by atoms with Gasteiger partial charge in [0.1, 0.15) is 6.54 Å². The monoisotopic (exact) mass is 289 g/mol. The van der Waals surface area contributed by atoms with E-state index >= 15 is 0 Å². The fourth-order valence-electron chi connectivity index (χ4n) is 2.54. The second kappa shape index (κ2) is 6.72. The maximum atomic E-state index is 12.8. The molecule has 1 aliphatic heterocycles. The number of nitrogens with zero attached hydrogens (tertiary/aromatic N) is 3. The van der Waals surface area contributed by atoms with Gasteiger partial charge >= 0.3 is 0 Å². The predicted octanol–water partition coefficient (Wildman–Crippen LogP) is 1.06. The zero-order chi connectivity index (χ0) is 15.4. The Morgan fingerprint density at radius 1 is 1.24 bits per heavy atom. The first-order chi connectivity index (χ1) is 9.99. The van der Waals surface area contributed by atoms with Gasteiger partial charge in [-0.05, 0) is 32.1 Å². The van der Waals surface area contributed by atoms with Crippen LogP contribution in [0.4, 0.5) is 5.69 Å². The molecule has 21 heavy (non-hydrogen) atoms. The molecule has 1 saturated heterocycles. The number of carbonyl (C=O) groups is 2. The Hall–Kier alpha value is -1.88. The average molecular weight is 289 g/mol. The van der Waals surface area contributed by atoms with Crippen molar-refractivity contribution < 1.29 is 9.59 Å². The van der Waals surface area contributed by atoms with Crippen molar-refractivity contribution in [3.05, 3.63) is 30.3 Å². The average Bonchev–Trinajstić information content (AvgIpc) is 2.91. The maximum Gasteiger partial charge on any atom is 0.242 e. The number of para-hydroxylation sites is 1. The minimum Gasteiger partial charge on any atom is -0.347 e. The summed E-state index contributed by atoms with van der Waals surface area (Å²) in [5.41, 5.74) is 0.784. The Morgan fingerprint density at radius 3 is 2.43 bits per heavy atom. The van der Waals surface area contributed by atoms with Crippen LogP contribution in [0.5, 0.6) is 0 Å². The van der Waals surface area contributed by atoms with E-state index in [0.717, 1.165) is 25.2 Å². The Bertz CT molecular complexity index is 502. The maximum absolute atomic E-state index is 12.8. The van der Waals surface area contributed by atoms with Gasteiger partial charge in [-0.1, -0.05) is 18.2 Å². The topological polar surface area (TPSA) is 43.9 Å². The van der Waals surface area contributed by atoms with Gasteiger partial charge in [0.2, 0.25) is 11.8 Å². The first-order valence-electron chi connectivity index (χ1n) is 7.24. The molecular weight excluding hydrogens is 266 g/mol. The van der Waals surface area contributed by atoms with E-state index in [1.165, 1.54) is 4.90 Å². The number of anilines is 1. The van der Waals surface area contributed by atoms with Crippen molar-refractivity contribution in [2.24, 2.45) is 5.92 Å². The Balaban J connectivity index is 2.19.